The van der Waals surface area contributed by atoms with E-state index in [9.17, 15) is 39.5 Å². The highest BCUT2D eigenvalue weighted by atomic mass is 19.4. The van der Waals surface area contributed by atoms with Crippen molar-refractivity contribution in [2.24, 2.45) is 0 Å². The highest BCUT2D eigenvalue weighted by Crippen LogP contribution is 2.74. The number of benzene rings is 1. The molecular weight excluding hydrogens is 446 g/mol. The van der Waals surface area contributed by atoms with Crippen LogP contribution in [-0.2, 0) is 16.5 Å². The Morgan fingerprint density at radius 1 is 0.710 bits per heavy atom. The molecule has 0 atom stereocenters. The predicted molar refractivity (Wildman–Crippen MR) is 93.0 cm³/mol. The SMILES string of the molecule is CC(C)(C)c1cc(C(C)(C)C)c(OCC(F)(F)F)c(C2(F)C(F)(F)C(F)(F)C2(F)F)c1. The Morgan fingerprint density at radius 3 is 1.52 bits per heavy atom. The summed E-state index contributed by atoms with van der Waals surface area (Å²) in [4.78, 5) is 0. The van der Waals surface area contributed by atoms with Gasteiger partial charge in [-0.3, -0.25) is 0 Å². The van der Waals surface area contributed by atoms with Crippen LogP contribution in [0.15, 0.2) is 12.1 Å². The molecule has 1 aromatic carbocycles. The lowest BCUT2D eigenvalue weighted by atomic mass is 9.64. The van der Waals surface area contributed by atoms with Gasteiger partial charge in [0.05, 0.1) is 0 Å². The predicted octanol–water partition coefficient (Wildman–Crippen LogP) is 7.31. The fourth-order valence-electron chi connectivity index (χ4n) is 3.29. The first-order chi connectivity index (χ1) is 13.4. The molecule has 0 aliphatic heterocycles. The third-order valence-electron chi connectivity index (χ3n) is 5.17. The fourth-order valence-corrected chi connectivity index (χ4v) is 3.29. The van der Waals surface area contributed by atoms with E-state index in [0.717, 1.165) is 0 Å². The Morgan fingerprint density at radius 2 is 1.16 bits per heavy atom. The maximum absolute atomic E-state index is 15.4. The maximum atomic E-state index is 15.4. The highest BCUT2D eigenvalue weighted by Gasteiger charge is 3.00. The monoisotopic (exact) mass is 468 g/mol. The number of hydrogen-bond acceptors (Lipinski definition) is 1. The Labute approximate surface area is 172 Å². The van der Waals surface area contributed by atoms with Gasteiger partial charge >= 0.3 is 23.9 Å². The van der Waals surface area contributed by atoms with Gasteiger partial charge in [0.25, 0.3) is 5.67 Å². The van der Waals surface area contributed by atoms with Crippen LogP contribution in [0.25, 0.3) is 0 Å². The number of halogens is 10. The van der Waals surface area contributed by atoms with E-state index in [2.05, 4.69) is 4.74 Å². The summed E-state index contributed by atoms with van der Waals surface area (Å²) in [6.45, 7) is 6.59. The summed E-state index contributed by atoms with van der Waals surface area (Å²) in [7, 11) is 0. The zero-order valence-electron chi connectivity index (χ0n) is 17.5. The Balaban J connectivity index is 2.96. The zero-order valence-corrected chi connectivity index (χ0v) is 17.5. The van der Waals surface area contributed by atoms with Gasteiger partial charge in [-0.15, -0.1) is 0 Å². The summed E-state index contributed by atoms with van der Waals surface area (Å²) >= 11 is 0. The first kappa shape index (κ1) is 25.6. The molecule has 31 heavy (non-hydrogen) atoms. The van der Waals surface area contributed by atoms with Crippen LogP contribution >= 0.6 is 0 Å². The minimum Gasteiger partial charge on any atom is -0.483 e. The molecular formula is C20H22F10O. The van der Waals surface area contributed by atoms with Crippen LogP contribution in [0, 0.1) is 0 Å². The van der Waals surface area contributed by atoms with Gasteiger partial charge in [0.1, 0.15) is 5.75 Å². The van der Waals surface area contributed by atoms with Crippen LogP contribution < -0.4 is 4.74 Å². The molecule has 1 aliphatic carbocycles. The van der Waals surface area contributed by atoms with Gasteiger partial charge in [-0.25, -0.2) is 4.39 Å². The lowest BCUT2D eigenvalue weighted by molar-refractivity contribution is -0.480. The number of hydrogen-bond donors (Lipinski definition) is 0. The summed E-state index contributed by atoms with van der Waals surface area (Å²) in [6.07, 6.45) is -5.03. The average Bonchev–Trinajstić information content (AvgIpc) is 2.54. The van der Waals surface area contributed by atoms with Gasteiger partial charge in [0, 0.05) is 11.1 Å². The summed E-state index contributed by atoms with van der Waals surface area (Å²) < 4.78 is 142. The van der Waals surface area contributed by atoms with Gasteiger partial charge in [0.15, 0.2) is 6.61 Å². The van der Waals surface area contributed by atoms with Crippen LogP contribution in [0.4, 0.5) is 43.9 Å². The molecule has 0 spiro atoms. The Hall–Kier alpha value is -1.68. The fraction of sp³-hybridized carbons (Fsp3) is 0.700. The normalized spacial score (nSPS) is 22.1. The first-order valence-electron chi connectivity index (χ1n) is 9.14. The molecule has 0 bridgehead atoms. The van der Waals surface area contributed by atoms with E-state index in [0.29, 0.717) is 6.07 Å². The third kappa shape index (κ3) is 3.55. The first-order valence-corrected chi connectivity index (χ1v) is 9.14. The number of rotatable bonds is 3. The lowest BCUT2D eigenvalue weighted by Gasteiger charge is -2.54. The Bertz CT molecular complexity index is 838. The van der Waals surface area contributed by atoms with Gasteiger partial charge < -0.3 is 4.74 Å². The van der Waals surface area contributed by atoms with Crippen LogP contribution in [0.1, 0.15) is 58.2 Å². The van der Waals surface area contributed by atoms with Crippen molar-refractivity contribution in [1.82, 2.24) is 0 Å². The summed E-state index contributed by atoms with van der Waals surface area (Å²) in [5.41, 5.74) is -9.54. The molecule has 1 fully saturated rings. The molecule has 1 saturated carbocycles. The molecule has 0 amide bonds. The summed E-state index contributed by atoms with van der Waals surface area (Å²) in [5, 5.41) is 0. The molecule has 0 heterocycles. The number of ether oxygens (including phenoxy) is 1. The zero-order chi connectivity index (χ0) is 24.6. The standard InChI is InChI=1S/C20H22F10O/c1-14(2,3)10-7-11(15(4,5)6)13(31-9-16(21,22)23)12(8-10)17(24)18(25,26)20(29,30)19(17,27)28/h7-8H,9H2,1-6H3. The van der Waals surface area contributed by atoms with Crippen molar-refractivity contribution >= 4 is 0 Å². The van der Waals surface area contributed by atoms with Crippen molar-refractivity contribution < 1.29 is 48.6 Å². The molecule has 1 aliphatic rings. The summed E-state index contributed by atoms with van der Waals surface area (Å²) in [5.74, 6) is -19.1. The van der Waals surface area contributed by atoms with E-state index in [1.165, 1.54) is 47.6 Å². The molecule has 1 aromatic rings. The van der Waals surface area contributed by atoms with Crippen LogP contribution in [0.5, 0.6) is 5.75 Å². The minimum atomic E-state index is -6.05. The van der Waals surface area contributed by atoms with Crippen LogP contribution in [-0.4, -0.2) is 30.6 Å². The Kier molecular flexibility index (Phi) is 5.50. The molecule has 0 saturated heterocycles. The molecule has 0 aromatic heterocycles. The van der Waals surface area contributed by atoms with E-state index in [1.54, 1.807) is 0 Å². The van der Waals surface area contributed by atoms with Crippen molar-refractivity contribution in [3.05, 3.63) is 28.8 Å². The third-order valence-corrected chi connectivity index (χ3v) is 5.17. The molecule has 2 rings (SSSR count). The van der Waals surface area contributed by atoms with E-state index in [1.807, 2.05) is 0 Å². The maximum Gasteiger partial charge on any atom is 0.422 e. The molecule has 11 heteroatoms. The smallest absolute Gasteiger partial charge is 0.422 e. The van der Waals surface area contributed by atoms with Gasteiger partial charge in [-0.05, 0) is 22.5 Å². The highest BCUT2D eigenvalue weighted by molar-refractivity contribution is 5.56. The second-order valence-corrected chi connectivity index (χ2v) is 9.69. The van der Waals surface area contributed by atoms with Crippen molar-refractivity contribution in [3.8, 4) is 5.75 Å². The van der Waals surface area contributed by atoms with Crippen molar-refractivity contribution in [3.63, 3.8) is 0 Å². The van der Waals surface area contributed by atoms with Gasteiger partial charge in [0.2, 0.25) is 0 Å². The summed E-state index contributed by atoms with van der Waals surface area (Å²) in [6, 6.07) is 1.67. The van der Waals surface area contributed by atoms with Gasteiger partial charge in [-0.2, -0.15) is 39.5 Å². The van der Waals surface area contributed by atoms with Crippen LogP contribution in [0.3, 0.4) is 0 Å². The number of alkyl halides is 10. The minimum absolute atomic E-state index is 0.0226. The molecule has 0 unspecified atom stereocenters. The van der Waals surface area contributed by atoms with E-state index >= 15 is 4.39 Å². The topological polar surface area (TPSA) is 9.23 Å². The largest absolute Gasteiger partial charge is 0.483 e. The quantitative estimate of drug-likeness (QED) is 0.423. The second-order valence-electron chi connectivity index (χ2n) is 9.69. The van der Waals surface area contributed by atoms with E-state index in [4.69, 9.17) is 0 Å². The van der Waals surface area contributed by atoms with Crippen LogP contribution in [0.2, 0.25) is 0 Å². The molecule has 0 radical (unpaired) electrons. The molecule has 178 valence electrons. The molecule has 1 nitrogen and oxygen atoms in total. The van der Waals surface area contributed by atoms with Crippen molar-refractivity contribution in [2.75, 3.05) is 6.61 Å². The van der Waals surface area contributed by atoms with E-state index in [-0.39, 0.29) is 11.1 Å². The van der Waals surface area contributed by atoms with Crippen molar-refractivity contribution in [1.29, 1.82) is 0 Å². The molecule has 0 N–H and O–H groups in total. The van der Waals surface area contributed by atoms with E-state index < -0.39 is 58.4 Å². The van der Waals surface area contributed by atoms with Gasteiger partial charge in [-0.1, -0.05) is 47.6 Å². The van der Waals surface area contributed by atoms with Crippen molar-refractivity contribution in [2.45, 2.75) is 82.0 Å². The second kappa shape index (κ2) is 6.66. The average molecular weight is 468 g/mol. The lowest BCUT2D eigenvalue weighted by Crippen LogP contribution is -2.82.